The summed E-state index contributed by atoms with van der Waals surface area (Å²) in [5.74, 6) is 0.626. The van der Waals surface area contributed by atoms with Crippen LogP contribution in [0.3, 0.4) is 0 Å². The van der Waals surface area contributed by atoms with Gasteiger partial charge in [0.1, 0.15) is 6.73 Å². The Morgan fingerprint density at radius 3 is 2.37 bits per heavy atom. The number of alkyl halides is 3. The van der Waals surface area contributed by atoms with Gasteiger partial charge in [0.25, 0.3) is 5.24 Å². The van der Waals surface area contributed by atoms with Crippen LogP contribution < -0.4 is 20.1 Å². The third kappa shape index (κ3) is 5.67. The Bertz CT molecular complexity index is 919. The Kier molecular flexibility index (Phi) is 6.88. The molecule has 1 fully saturated rings. The molecule has 1 saturated heterocycles. The molecule has 2 aromatic rings. The van der Waals surface area contributed by atoms with Crippen molar-refractivity contribution in [2.24, 2.45) is 0 Å². The second kappa shape index (κ2) is 9.40. The highest BCUT2D eigenvalue weighted by molar-refractivity contribution is 8.15. The molecule has 1 aliphatic rings. The van der Waals surface area contributed by atoms with Crippen LogP contribution in [0.4, 0.5) is 18.0 Å². The van der Waals surface area contributed by atoms with Gasteiger partial charge < -0.3 is 9.47 Å². The molecule has 160 valence electrons. The first-order valence-corrected chi connectivity index (χ1v) is 9.82. The van der Waals surface area contributed by atoms with E-state index in [9.17, 15) is 22.8 Å². The van der Waals surface area contributed by atoms with Crippen LogP contribution >= 0.6 is 11.8 Å². The van der Waals surface area contributed by atoms with E-state index in [1.807, 2.05) is 0 Å². The van der Waals surface area contributed by atoms with Crippen molar-refractivity contribution in [3.8, 4) is 11.5 Å². The van der Waals surface area contributed by atoms with Crippen LogP contribution in [-0.2, 0) is 23.9 Å². The number of thioether (sulfide) groups is 1. The van der Waals surface area contributed by atoms with Gasteiger partial charge in [0.05, 0.1) is 17.9 Å². The van der Waals surface area contributed by atoms with Crippen LogP contribution in [0.1, 0.15) is 16.7 Å². The number of carbonyl (C=O) groups excluding carboxylic acids is 2. The predicted molar refractivity (Wildman–Crippen MR) is 105 cm³/mol. The fraction of sp³-hybridized carbons (Fsp3) is 0.300. The van der Waals surface area contributed by atoms with Crippen molar-refractivity contribution in [3.63, 3.8) is 0 Å². The third-order valence-electron chi connectivity index (χ3n) is 4.36. The van der Waals surface area contributed by atoms with Crippen LogP contribution in [0.25, 0.3) is 0 Å². The molecule has 30 heavy (non-hydrogen) atoms. The van der Waals surface area contributed by atoms with Crippen LogP contribution in [0.2, 0.25) is 0 Å². The summed E-state index contributed by atoms with van der Waals surface area (Å²) in [6, 6.07) is 10.1. The number of carbonyl (C=O) groups is 2. The maximum atomic E-state index is 12.6. The van der Waals surface area contributed by atoms with Gasteiger partial charge in [-0.15, -0.1) is 0 Å². The summed E-state index contributed by atoms with van der Waals surface area (Å²) in [6.45, 7) is 0.416. The number of halogens is 3. The Labute approximate surface area is 175 Å². The SMILES string of the molecule is COc1ccc(CC2SC(=O)NC2=O)cc1OCNCc1ccc(C(F)(F)F)cc1. The van der Waals surface area contributed by atoms with Crippen LogP contribution in [0, 0.1) is 0 Å². The molecule has 10 heteroatoms. The number of rotatable bonds is 8. The average molecular weight is 440 g/mol. The van der Waals surface area contributed by atoms with E-state index >= 15 is 0 Å². The Hall–Kier alpha value is -2.72. The molecule has 0 spiro atoms. The fourth-order valence-corrected chi connectivity index (χ4v) is 3.70. The average Bonchev–Trinajstić information content (AvgIpc) is 3.02. The highest BCUT2D eigenvalue weighted by Crippen LogP contribution is 2.31. The van der Waals surface area contributed by atoms with E-state index in [0.717, 1.165) is 29.5 Å². The van der Waals surface area contributed by atoms with Crippen LogP contribution in [-0.4, -0.2) is 30.2 Å². The molecule has 0 bridgehead atoms. The highest BCUT2D eigenvalue weighted by Gasteiger charge is 2.32. The Morgan fingerprint density at radius 2 is 1.77 bits per heavy atom. The number of imide groups is 1. The van der Waals surface area contributed by atoms with Gasteiger partial charge in [-0.2, -0.15) is 13.2 Å². The summed E-state index contributed by atoms with van der Waals surface area (Å²) >= 11 is 0.951. The zero-order valence-electron chi connectivity index (χ0n) is 15.9. The summed E-state index contributed by atoms with van der Waals surface area (Å²) in [5.41, 5.74) is 0.789. The minimum Gasteiger partial charge on any atom is -0.493 e. The maximum Gasteiger partial charge on any atom is 0.416 e. The summed E-state index contributed by atoms with van der Waals surface area (Å²) in [7, 11) is 1.50. The first-order valence-electron chi connectivity index (χ1n) is 8.94. The first-order chi connectivity index (χ1) is 14.3. The molecule has 1 heterocycles. The number of hydrogen-bond acceptors (Lipinski definition) is 6. The fourth-order valence-electron chi connectivity index (χ4n) is 2.84. The van der Waals surface area contributed by atoms with E-state index in [2.05, 4.69) is 10.6 Å². The summed E-state index contributed by atoms with van der Waals surface area (Å²) in [4.78, 5) is 23.0. The van der Waals surface area contributed by atoms with E-state index in [1.165, 1.54) is 19.2 Å². The van der Waals surface area contributed by atoms with E-state index in [-0.39, 0.29) is 17.9 Å². The normalized spacial score (nSPS) is 16.5. The molecule has 2 N–H and O–H groups in total. The molecule has 3 rings (SSSR count). The van der Waals surface area contributed by atoms with Gasteiger partial charge in [0, 0.05) is 6.54 Å². The first kappa shape index (κ1) is 22.0. The van der Waals surface area contributed by atoms with Crippen molar-refractivity contribution in [3.05, 3.63) is 59.2 Å². The molecule has 0 radical (unpaired) electrons. The van der Waals surface area contributed by atoms with Gasteiger partial charge in [-0.1, -0.05) is 30.0 Å². The molecular formula is C20H19F3N2O4S. The molecule has 6 nitrogen and oxygen atoms in total. The number of amides is 2. The molecular weight excluding hydrogens is 421 g/mol. The molecule has 0 saturated carbocycles. The van der Waals surface area contributed by atoms with E-state index in [4.69, 9.17) is 9.47 Å². The molecule has 2 aromatic carbocycles. The van der Waals surface area contributed by atoms with Crippen molar-refractivity contribution in [2.75, 3.05) is 13.8 Å². The van der Waals surface area contributed by atoms with Crippen molar-refractivity contribution in [2.45, 2.75) is 24.4 Å². The second-order valence-corrected chi connectivity index (χ2v) is 7.66. The van der Waals surface area contributed by atoms with Gasteiger partial charge in [0.15, 0.2) is 11.5 Å². The molecule has 1 unspecified atom stereocenters. The molecule has 1 atom stereocenters. The lowest BCUT2D eigenvalue weighted by Gasteiger charge is -2.14. The lowest BCUT2D eigenvalue weighted by atomic mass is 10.1. The molecule has 0 aliphatic carbocycles. The zero-order valence-corrected chi connectivity index (χ0v) is 16.7. The summed E-state index contributed by atoms with van der Waals surface area (Å²) in [6.07, 6.45) is -4.00. The number of ether oxygens (including phenoxy) is 2. The van der Waals surface area contributed by atoms with Crippen LogP contribution in [0.5, 0.6) is 11.5 Å². The Morgan fingerprint density at radius 1 is 1.07 bits per heavy atom. The van der Waals surface area contributed by atoms with E-state index in [1.54, 1.807) is 18.2 Å². The van der Waals surface area contributed by atoms with Gasteiger partial charge >= 0.3 is 6.18 Å². The number of methoxy groups -OCH3 is 1. The minimum absolute atomic E-state index is 0.0952. The lowest BCUT2D eigenvalue weighted by molar-refractivity contribution is -0.137. The zero-order chi connectivity index (χ0) is 21.7. The summed E-state index contributed by atoms with van der Waals surface area (Å²) < 4.78 is 48.8. The maximum absolute atomic E-state index is 12.6. The summed E-state index contributed by atoms with van der Waals surface area (Å²) in [5, 5.41) is 4.40. The largest absolute Gasteiger partial charge is 0.493 e. The van der Waals surface area contributed by atoms with Gasteiger partial charge in [-0.05, 0) is 41.8 Å². The van der Waals surface area contributed by atoms with Gasteiger partial charge in [-0.3, -0.25) is 20.2 Å². The van der Waals surface area contributed by atoms with Gasteiger partial charge in [-0.25, -0.2) is 0 Å². The predicted octanol–water partition coefficient (Wildman–Crippen LogP) is 3.73. The molecule has 1 aliphatic heterocycles. The van der Waals surface area contributed by atoms with E-state index < -0.39 is 17.0 Å². The van der Waals surface area contributed by atoms with E-state index in [0.29, 0.717) is 30.0 Å². The van der Waals surface area contributed by atoms with Crippen molar-refractivity contribution in [1.82, 2.24) is 10.6 Å². The smallest absolute Gasteiger partial charge is 0.416 e. The minimum atomic E-state index is -4.36. The molecule has 0 aromatic heterocycles. The quantitative estimate of drug-likeness (QED) is 0.481. The number of nitrogens with one attached hydrogen (secondary N) is 2. The third-order valence-corrected chi connectivity index (χ3v) is 5.34. The topological polar surface area (TPSA) is 76.7 Å². The van der Waals surface area contributed by atoms with Crippen molar-refractivity contribution in [1.29, 1.82) is 0 Å². The van der Waals surface area contributed by atoms with Gasteiger partial charge in [0.2, 0.25) is 5.91 Å². The van der Waals surface area contributed by atoms with Crippen molar-refractivity contribution < 1.29 is 32.2 Å². The van der Waals surface area contributed by atoms with Crippen LogP contribution in [0.15, 0.2) is 42.5 Å². The monoisotopic (exact) mass is 440 g/mol. The Balaban J connectivity index is 1.55. The van der Waals surface area contributed by atoms with Crippen molar-refractivity contribution >= 4 is 22.9 Å². The molecule has 2 amide bonds. The number of hydrogen-bond donors (Lipinski definition) is 2. The lowest BCUT2D eigenvalue weighted by Crippen LogP contribution is -2.25. The number of benzene rings is 2. The standard InChI is InChI=1S/C20H19F3N2O4S/c1-28-15-7-4-13(9-17-18(26)25-19(27)30-17)8-16(15)29-11-24-10-12-2-5-14(6-3-12)20(21,22)23/h2-8,17,24H,9-11H2,1H3,(H,25,26,27). The second-order valence-electron chi connectivity index (χ2n) is 6.48. The highest BCUT2D eigenvalue weighted by atomic mass is 32.2.